The first-order chi connectivity index (χ1) is 7.77. The summed E-state index contributed by atoms with van der Waals surface area (Å²) in [5, 5.41) is 9.31. The van der Waals surface area contributed by atoms with E-state index in [-0.39, 0.29) is 17.9 Å². The van der Waals surface area contributed by atoms with Crippen molar-refractivity contribution in [2.75, 3.05) is 6.61 Å². The van der Waals surface area contributed by atoms with Gasteiger partial charge in [-0.2, -0.15) is 13.2 Å². The minimum Gasteiger partial charge on any atom is -0.493 e. The van der Waals surface area contributed by atoms with E-state index in [0.29, 0.717) is 11.1 Å². The molecule has 1 unspecified atom stereocenters. The van der Waals surface area contributed by atoms with Crippen molar-refractivity contribution >= 4 is 0 Å². The highest BCUT2D eigenvalue weighted by atomic mass is 19.4. The molecule has 96 valence electrons. The summed E-state index contributed by atoms with van der Waals surface area (Å²) in [6.45, 7) is 5.27. The molecular weight excluding hydrogens is 233 g/mol. The van der Waals surface area contributed by atoms with Crippen molar-refractivity contribution in [3.63, 3.8) is 0 Å². The van der Waals surface area contributed by atoms with E-state index in [1.165, 1.54) is 6.07 Å². The lowest BCUT2D eigenvalue weighted by Gasteiger charge is -2.20. The van der Waals surface area contributed by atoms with Crippen LogP contribution < -0.4 is 4.74 Å². The maximum atomic E-state index is 12.5. The molecule has 0 aliphatic heterocycles. The van der Waals surface area contributed by atoms with Crippen LogP contribution in [-0.2, 0) is 0 Å². The Labute approximate surface area is 98.0 Å². The Morgan fingerprint density at radius 2 is 1.88 bits per heavy atom. The van der Waals surface area contributed by atoms with Crippen molar-refractivity contribution in [1.82, 2.24) is 0 Å². The van der Waals surface area contributed by atoms with Gasteiger partial charge >= 0.3 is 6.18 Å². The summed E-state index contributed by atoms with van der Waals surface area (Å²) >= 11 is 0. The molecule has 0 aromatic heterocycles. The molecule has 0 saturated heterocycles. The molecule has 1 N–H and O–H groups in total. The van der Waals surface area contributed by atoms with Crippen molar-refractivity contribution in [3.05, 3.63) is 28.8 Å². The fourth-order valence-electron chi connectivity index (χ4n) is 1.71. The molecule has 0 heterocycles. The van der Waals surface area contributed by atoms with Gasteiger partial charge in [0.1, 0.15) is 5.75 Å². The third-order valence-corrected chi connectivity index (χ3v) is 2.34. The number of aliphatic hydroxyl groups is 1. The van der Waals surface area contributed by atoms with E-state index in [1.54, 1.807) is 26.8 Å². The molecule has 1 rings (SSSR count). The first-order valence-corrected chi connectivity index (χ1v) is 5.26. The number of benzene rings is 1. The number of aryl methyl sites for hydroxylation is 2. The van der Waals surface area contributed by atoms with Crippen LogP contribution in [0.15, 0.2) is 12.1 Å². The lowest BCUT2D eigenvalue weighted by Crippen LogP contribution is -2.21. The highest BCUT2D eigenvalue weighted by Gasteiger charge is 2.41. The second-order valence-corrected chi connectivity index (χ2v) is 3.88. The molecule has 1 aromatic carbocycles. The first-order valence-electron chi connectivity index (χ1n) is 5.26. The largest absolute Gasteiger partial charge is 0.493 e. The standard InChI is InChI=1S/C12H15F3O2/c1-4-17-10-8(3)5-7(2)6-9(10)11(16)12(13,14)15/h5-6,11,16H,4H2,1-3H3. The van der Waals surface area contributed by atoms with Crippen LogP contribution >= 0.6 is 0 Å². The molecule has 0 amide bonds. The van der Waals surface area contributed by atoms with Crippen molar-refractivity contribution in [2.24, 2.45) is 0 Å². The van der Waals surface area contributed by atoms with Crippen molar-refractivity contribution in [3.8, 4) is 5.75 Å². The van der Waals surface area contributed by atoms with Crippen LogP contribution in [0.3, 0.4) is 0 Å². The lowest BCUT2D eigenvalue weighted by molar-refractivity contribution is -0.207. The fourth-order valence-corrected chi connectivity index (χ4v) is 1.71. The topological polar surface area (TPSA) is 29.5 Å². The molecule has 0 bridgehead atoms. The third kappa shape index (κ3) is 3.12. The number of hydrogen-bond acceptors (Lipinski definition) is 2. The van der Waals surface area contributed by atoms with Gasteiger partial charge in [0.15, 0.2) is 6.10 Å². The van der Waals surface area contributed by atoms with Crippen LogP contribution in [0.4, 0.5) is 13.2 Å². The number of halogens is 3. The van der Waals surface area contributed by atoms with Gasteiger partial charge in [0.2, 0.25) is 0 Å². The van der Waals surface area contributed by atoms with Crippen LogP contribution in [0.25, 0.3) is 0 Å². The van der Waals surface area contributed by atoms with E-state index >= 15 is 0 Å². The molecule has 0 saturated carbocycles. The van der Waals surface area contributed by atoms with E-state index in [4.69, 9.17) is 4.74 Å². The fraction of sp³-hybridized carbons (Fsp3) is 0.500. The van der Waals surface area contributed by atoms with Crippen LogP contribution in [0.1, 0.15) is 29.7 Å². The number of rotatable bonds is 3. The summed E-state index contributed by atoms with van der Waals surface area (Å²) in [5.74, 6) is 0.114. The average molecular weight is 248 g/mol. The molecule has 5 heteroatoms. The molecule has 0 aliphatic rings. The first kappa shape index (κ1) is 13.8. The summed E-state index contributed by atoms with van der Waals surface area (Å²) < 4.78 is 42.7. The zero-order valence-corrected chi connectivity index (χ0v) is 9.93. The summed E-state index contributed by atoms with van der Waals surface area (Å²) in [6.07, 6.45) is -7.20. The number of hydrogen-bond donors (Lipinski definition) is 1. The van der Waals surface area contributed by atoms with Gasteiger partial charge in [0.25, 0.3) is 0 Å². The SMILES string of the molecule is CCOc1c(C)cc(C)cc1C(O)C(F)(F)F. The molecule has 0 fully saturated rings. The van der Waals surface area contributed by atoms with Crippen molar-refractivity contribution < 1.29 is 23.0 Å². The van der Waals surface area contributed by atoms with Crippen molar-refractivity contribution in [1.29, 1.82) is 0 Å². The van der Waals surface area contributed by atoms with Gasteiger partial charge in [0.05, 0.1) is 6.61 Å². The Kier molecular flexibility index (Phi) is 4.03. The molecule has 1 atom stereocenters. The second kappa shape index (κ2) is 4.96. The molecule has 0 aliphatic carbocycles. The van der Waals surface area contributed by atoms with Gasteiger partial charge < -0.3 is 9.84 Å². The number of ether oxygens (including phenoxy) is 1. The molecule has 0 radical (unpaired) electrons. The highest BCUT2D eigenvalue weighted by Crippen LogP contribution is 2.39. The monoisotopic (exact) mass is 248 g/mol. The summed E-state index contributed by atoms with van der Waals surface area (Å²) in [5.41, 5.74) is 1.02. The Balaban J connectivity index is 3.29. The summed E-state index contributed by atoms with van der Waals surface area (Å²) in [6, 6.07) is 3.02. The van der Waals surface area contributed by atoms with Crippen LogP contribution in [0.2, 0.25) is 0 Å². The molecule has 17 heavy (non-hydrogen) atoms. The lowest BCUT2D eigenvalue weighted by atomic mass is 10.0. The highest BCUT2D eigenvalue weighted by molar-refractivity contribution is 5.45. The quantitative estimate of drug-likeness (QED) is 0.889. The van der Waals surface area contributed by atoms with Crippen LogP contribution in [0, 0.1) is 13.8 Å². The van der Waals surface area contributed by atoms with Crippen LogP contribution in [-0.4, -0.2) is 17.9 Å². The predicted octanol–water partition coefficient (Wildman–Crippen LogP) is 3.30. The van der Waals surface area contributed by atoms with E-state index in [1.807, 2.05) is 0 Å². The van der Waals surface area contributed by atoms with E-state index in [9.17, 15) is 18.3 Å². The summed E-state index contributed by atoms with van der Waals surface area (Å²) in [7, 11) is 0. The zero-order chi connectivity index (χ0) is 13.2. The maximum Gasteiger partial charge on any atom is 0.418 e. The maximum absolute atomic E-state index is 12.5. The van der Waals surface area contributed by atoms with Crippen molar-refractivity contribution in [2.45, 2.75) is 33.1 Å². The number of aliphatic hydroxyl groups excluding tert-OH is 1. The molecule has 1 aromatic rings. The normalized spacial score (nSPS) is 13.6. The zero-order valence-electron chi connectivity index (χ0n) is 9.93. The minimum atomic E-state index is -4.69. The Bertz CT molecular complexity index is 399. The molecular formula is C12H15F3O2. The average Bonchev–Trinajstić information content (AvgIpc) is 2.19. The van der Waals surface area contributed by atoms with Gasteiger partial charge in [0, 0.05) is 5.56 Å². The Morgan fingerprint density at radius 3 is 2.35 bits per heavy atom. The number of alkyl halides is 3. The smallest absolute Gasteiger partial charge is 0.418 e. The summed E-state index contributed by atoms with van der Waals surface area (Å²) in [4.78, 5) is 0. The predicted molar refractivity (Wildman–Crippen MR) is 58.1 cm³/mol. The van der Waals surface area contributed by atoms with Crippen LogP contribution in [0.5, 0.6) is 5.75 Å². The molecule has 2 nitrogen and oxygen atoms in total. The third-order valence-electron chi connectivity index (χ3n) is 2.34. The van der Waals surface area contributed by atoms with Gasteiger partial charge in [-0.3, -0.25) is 0 Å². The Morgan fingerprint density at radius 1 is 1.29 bits per heavy atom. The van der Waals surface area contributed by atoms with Gasteiger partial charge in [-0.05, 0) is 32.4 Å². The van der Waals surface area contributed by atoms with Gasteiger partial charge in [-0.15, -0.1) is 0 Å². The van der Waals surface area contributed by atoms with E-state index in [2.05, 4.69) is 0 Å². The second-order valence-electron chi connectivity index (χ2n) is 3.88. The minimum absolute atomic E-state index is 0.114. The van der Waals surface area contributed by atoms with Gasteiger partial charge in [-0.25, -0.2) is 0 Å². The molecule has 0 spiro atoms. The van der Waals surface area contributed by atoms with E-state index < -0.39 is 12.3 Å². The van der Waals surface area contributed by atoms with Gasteiger partial charge in [-0.1, -0.05) is 11.6 Å². The van der Waals surface area contributed by atoms with E-state index in [0.717, 1.165) is 0 Å². The Hall–Kier alpha value is -1.23.